The monoisotopic (exact) mass is 346 g/mol. The maximum absolute atomic E-state index is 12.2. The van der Waals surface area contributed by atoms with Crippen molar-refractivity contribution < 1.29 is 13.3 Å². The van der Waals surface area contributed by atoms with Crippen LogP contribution >= 0.6 is 12.4 Å². The fraction of sp³-hybridized carbons (Fsp3) is 0.250. The molecule has 0 aliphatic carbocycles. The lowest BCUT2D eigenvalue weighted by Crippen LogP contribution is -2.13. The molecule has 120 valence electrons. The summed E-state index contributed by atoms with van der Waals surface area (Å²) in [5, 5.41) is 14.6. The Morgan fingerprint density at radius 1 is 1.32 bits per heavy atom. The Kier molecular flexibility index (Phi) is 5.50. The van der Waals surface area contributed by atoms with Crippen LogP contribution < -0.4 is 4.72 Å². The molecule has 0 saturated carbocycles. The van der Waals surface area contributed by atoms with Crippen LogP contribution in [0.25, 0.3) is 0 Å². The van der Waals surface area contributed by atoms with E-state index >= 15 is 0 Å². The average Bonchev–Trinajstić information content (AvgIpc) is 2.79. The summed E-state index contributed by atoms with van der Waals surface area (Å²) in [4.78, 5) is 9.93. The number of aromatic nitrogens is 2. The van der Waals surface area contributed by atoms with Crippen LogP contribution in [0.1, 0.15) is 12.6 Å². The molecule has 0 aliphatic heterocycles. The van der Waals surface area contributed by atoms with Gasteiger partial charge < -0.3 is 0 Å². The normalized spacial score (nSPS) is 10.8. The van der Waals surface area contributed by atoms with E-state index in [1.165, 1.54) is 18.3 Å². The third-order valence-electron chi connectivity index (χ3n) is 3.00. The molecule has 2 aromatic rings. The Morgan fingerprint density at radius 2 is 1.91 bits per heavy atom. The first-order valence-corrected chi connectivity index (χ1v) is 7.63. The predicted molar refractivity (Wildman–Crippen MR) is 83.8 cm³/mol. The second kappa shape index (κ2) is 6.75. The lowest BCUT2D eigenvalue weighted by Gasteiger charge is -2.07. The lowest BCUT2D eigenvalue weighted by molar-refractivity contribution is -0.384. The van der Waals surface area contributed by atoms with E-state index in [1.54, 1.807) is 11.6 Å². The standard InChI is InChI=1S/C12H14N4O4S.ClH/c1-3-15-9(2)12(8-13-15)14-21(19,20)11-6-4-10(5-7-11)16(17)18;/h4-8,14H,3H2,1-2H3;1H. The van der Waals surface area contributed by atoms with Crippen LogP contribution in [0.4, 0.5) is 11.4 Å². The summed E-state index contributed by atoms with van der Waals surface area (Å²) in [7, 11) is -3.80. The van der Waals surface area contributed by atoms with E-state index in [2.05, 4.69) is 9.82 Å². The van der Waals surface area contributed by atoms with Gasteiger partial charge in [0.25, 0.3) is 15.7 Å². The van der Waals surface area contributed by atoms with Crippen LogP contribution in [0.5, 0.6) is 0 Å². The fourth-order valence-corrected chi connectivity index (χ4v) is 2.92. The number of hydrogen-bond donors (Lipinski definition) is 1. The van der Waals surface area contributed by atoms with Crippen LogP contribution in [0, 0.1) is 17.0 Å². The average molecular weight is 347 g/mol. The van der Waals surface area contributed by atoms with E-state index in [9.17, 15) is 18.5 Å². The largest absolute Gasteiger partial charge is 0.276 e. The molecule has 0 fully saturated rings. The zero-order valence-corrected chi connectivity index (χ0v) is 13.5. The highest BCUT2D eigenvalue weighted by atomic mass is 35.5. The highest BCUT2D eigenvalue weighted by molar-refractivity contribution is 7.92. The van der Waals surface area contributed by atoms with Crippen molar-refractivity contribution in [3.05, 3.63) is 46.3 Å². The summed E-state index contributed by atoms with van der Waals surface area (Å²) in [5.74, 6) is 0. The zero-order valence-electron chi connectivity index (χ0n) is 11.9. The van der Waals surface area contributed by atoms with E-state index in [-0.39, 0.29) is 23.0 Å². The van der Waals surface area contributed by atoms with Gasteiger partial charge in [-0.1, -0.05) is 0 Å². The molecule has 0 radical (unpaired) electrons. The molecule has 0 unspecified atom stereocenters. The molecule has 0 atom stereocenters. The molecule has 0 spiro atoms. The summed E-state index contributed by atoms with van der Waals surface area (Å²) in [6, 6.07) is 4.69. The smallest absolute Gasteiger partial charge is 0.269 e. The van der Waals surface area contributed by atoms with Gasteiger partial charge in [0, 0.05) is 18.7 Å². The quantitative estimate of drug-likeness (QED) is 0.660. The van der Waals surface area contributed by atoms with E-state index < -0.39 is 14.9 Å². The molecule has 0 aliphatic rings. The van der Waals surface area contributed by atoms with Gasteiger partial charge >= 0.3 is 0 Å². The van der Waals surface area contributed by atoms with Gasteiger partial charge in [-0.25, -0.2) is 8.42 Å². The summed E-state index contributed by atoms with van der Waals surface area (Å²) in [6.07, 6.45) is 1.43. The Balaban J connectivity index is 0.00000242. The molecular weight excluding hydrogens is 332 g/mol. The van der Waals surface area contributed by atoms with Crippen molar-refractivity contribution in [2.75, 3.05) is 4.72 Å². The Morgan fingerprint density at radius 3 is 2.36 bits per heavy atom. The van der Waals surface area contributed by atoms with Gasteiger partial charge in [-0.15, -0.1) is 12.4 Å². The minimum atomic E-state index is -3.80. The summed E-state index contributed by atoms with van der Waals surface area (Å²) >= 11 is 0. The molecule has 8 nitrogen and oxygen atoms in total. The Labute approximate surface area is 133 Å². The number of hydrogen-bond acceptors (Lipinski definition) is 5. The third kappa shape index (κ3) is 3.55. The van der Waals surface area contributed by atoms with Crippen LogP contribution in [0.15, 0.2) is 35.4 Å². The number of benzene rings is 1. The number of nitrogens with zero attached hydrogens (tertiary/aromatic N) is 3. The number of rotatable bonds is 5. The summed E-state index contributed by atoms with van der Waals surface area (Å²) < 4.78 is 28.5. The van der Waals surface area contributed by atoms with Crippen LogP contribution in [-0.4, -0.2) is 23.1 Å². The summed E-state index contributed by atoms with van der Waals surface area (Å²) in [6.45, 7) is 4.28. The molecule has 0 amide bonds. The van der Waals surface area contributed by atoms with Gasteiger partial charge in [0.05, 0.1) is 27.4 Å². The minimum absolute atomic E-state index is 0. The molecule has 0 saturated heterocycles. The molecule has 1 N–H and O–H groups in total. The Hall–Kier alpha value is -2.13. The number of nitro groups is 1. The maximum atomic E-state index is 12.2. The van der Waals surface area contributed by atoms with Crippen molar-refractivity contribution >= 4 is 33.8 Å². The van der Waals surface area contributed by atoms with Crippen molar-refractivity contribution in [1.82, 2.24) is 9.78 Å². The summed E-state index contributed by atoms with van der Waals surface area (Å²) in [5.41, 5.74) is 0.919. The van der Waals surface area contributed by atoms with Crippen LogP contribution in [0.2, 0.25) is 0 Å². The fourth-order valence-electron chi connectivity index (χ4n) is 1.82. The predicted octanol–water partition coefficient (Wildman–Crippen LogP) is 2.34. The number of halogens is 1. The lowest BCUT2D eigenvalue weighted by atomic mass is 10.3. The molecule has 0 bridgehead atoms. The molecular formula is C12H15ClN4O4S. The topological polar surface area (TPSA) is 107 Å². The van der Waals surface area contributed by atoms with E-state index in [1.807, 2.05) is 6.92 Å². The van der Waals surface area contributed by atoms with Crippen molar-refractivity contribution in [2.24, 2.45) is 0 Å². The van der Waals surface area contributed by atoms with Gasteiger partial charge in [-0.05, 0) is 26.0 Å². The number of nitrogens with one attached hydrogen (secondary N) is 1. The van der Waals surface area contributed by atoms with Crippen molar-refractivity contribution in [3.63, 3.8) is 0 Å². The molecule has 1 heterocycles. The number of non-ortho nitro benzene ring substituents is 1. The van der Waals surface area contributed by atoms with E-state index in [0.29, 0.717) is 17.9 Å². The van der Waals surface area contributed by atoms with Gasteiger partial charge in [-0.3, -0.25) is 19.5 Å². The Bertz CT molecular complexity index is 771. The molecule has 1 aromatic carbocycles. The van der Waals surface area contributed by atoms with Crippen LogP contribution in [-0.2, 0) is 16.6 Å². The van der Waals surface area contributed by atoms with Crippen molar-refractivity contribution in [1.29, 1.82) is 0 Å². The van der Waals surface area contributed by atoms with Crippen molar-refractivity contribution in [2.45, 2.75) is 25.3 Å². The highest BCUT2D eigenvalue weighted by Crippen LogP contribution is 2.21. The number of aryl methyl sites for hydroxylation is 1. The number of anilines is 1. The SMILES string of the molecule is CCn1ncc(NS(=O)(=O)c2ccc([N+](=O)[O-])cc2)c1C.Cl. The molecule has 2 rings (SSSR count). The van der Waals surface area contributed by atoms with E-state index in [4.69, 9.17) is 0 Å². The van der Waals surface area contributed by atoms with Gasteiger partial charge in [0.2, 0.25) is 0 Å². The van der Waals surface area contributed by atoms with Gasteiger partial charge in [0.15, 0.2) is 0 Å². The number of nitro benzene ring substituents is 1. The number of sulfonamides is 1. The highest BCUT2D eigenvalue weighted by Gasteiger charge is 2.18. The minimum Gasteiger partial charge on any atom is -0.276 e. The molecule has 1 aromatic heterocycles. The first-order valence-electron chi connectivity index (χ1n) is 6.15. The first-order chi connectivity index (χ1) is 9.85. The second-order valence-corrected chi connectivity index (χ2v) is 6.00. The molecule has 10 heteroatoms. The molecule has 22 heavy (non-hydrogen) atoms. The van der Waals surface area contributed by atoms with Crippen molar-refractivity contribution in [3.8, 4) is 0 Å². The van der Waals surface area contributed by atoms with Gasteiger partial charge in [-0.2, -0.15) is 5.10 Å². The van der Waals surface area contributed by atoms with Gasteiger partial charge in [0.1, 0.15) is 0 Å². The van der Waals surface area contributed by atoms with Crippen LogP contribution in [0.3, 0.4) is 0 Å². The van der Waals surface area contributed by atoms with E-state index in [0.717, 1.165) is 12.1 Å². The third-order valence-corrected chi connectivity index (χ3v) is 4.39. The second-order valence-electron chi connectivity index (χ2n) is 4.32. The maximum Gasteiger partial charge on any atom is 0.269 e. The first kappa shape index (κ1) is 17.9. The zero-order chi connectivity index (χ0) is 15.6.